The number of nitrogens with two attached hydrogens (primary N) is 1. The fraction of sp³-hybridized carbons (Fsp3) is 0. The third-order valence-electron chi connectivity index (χ3n) is 2.60. The van der Waals surface area contributed by atoms with Gasteiger partial charge >= 0.3 is 10.3 Å². The Kier molecular flexibility index (Phi) is 3.44. The number of hydrogen-bond donors (Lipinski definition) is 3. The van der Waals surface area contributed by atoms with Gasteiger partial charge in [0, 0.05) is 0 Å². The molecular formula is C10H10N2O6S2. The van der Waals surface area contributed by atoms with Crippen LogP contribution in [0, 0.1) is 0 Å². The zero-order valence-corrected chi connectivity index (χ0v) is 11.5. The van der Waals surface area contributed by atoms with Gasteiger partial charge in [-0.15, -0.1) is 0 Å². The average molecular weight is 318 g/mol. The molecule has 0 bridgehead atoms. The summed E-state index contributed by atoms with van der Waals surface area (Å²) in [7, 11) is -8.90. The minimum Gasteiger partial charge on any atom is -0.282 e. The maximum Gasteiger partial charge on any atom is 0.373 e. The molecule has 10 heteroatoms. The zero-order chi connectivity index (χ0) is 15.1. The van der Waals surface area contributed by atoms with Gasteiger partial charge in [0.15, 0.2) is 0 Å². The van der Waals surface area contributed by atoms with Gasteiger partial charge in [-0.2, -0.15) is 21.2 Å². The molecule has 8 nitrogen and oxygen atoms in total. The Balaban J connectivity index is 2.58. The molecule has 0 amide bonds. The summed E-state index contributed by atoms with van der Waals surface area (Å²) in [6.45, 7) is 0. The first-order valence-electron chi connectivity index (χ1n) is 5.13. The van der Waals surface area contributed by atoms with Crippen LogP contribution < -0.4 is 10.3 Å². The van der Waals surface area contributed by atoms with Gasteiger partial charge in [-0.05, 0) is 35.0 Å². The van der Waals surface area contributed by atoms with Crippen LogP contribution in [0.5, 0.6) is 0 Å². The molecule has 4 N–H and O–H groups in total. The van der Waals surface area contributed by atoms with Crippen molar-refractivity contribution >= 4 is 36.9 Å². The minimum atomic E-state index is -4.58. The molecule has 0 saturated carbocycles. The van der Waals surface area contributed by atoms with Gasteiger partial charge in [0.1, 0.15) is 0 Å². The normalized spacial score (nSPS) is 12.6. The lowest BCUT2D eigenvalue weighted by Gasteiger charge is -2.14. The molecule has 2 aromatic rings. The Bertz CT molecular complexity index is 876. The molecule has 2 rings (SSSR count). The summed E-state index contributed by atoms with van der Waals surface area (Å²) in [5, 5.41) is 0.932. The monoisotopic (exact) mass is 318 g/mol. The predicted molar refractivity (Wildman–Crippen MR) is 72.0 cm³/mol. The highest BCUT2D eigenvalue weighted by Crippen LogP contribution is 2.24. The molecule has 20 heavy (non-hydrogen) atoms. The first kappa shape index (κ1) is 14.7. The number of fused-ring (bicyclic) bond motifs is 1. The Hall–Kier alpha value is -1.72. The van der Waals surface area contributed by atoms with Crippen LogP contribution in [0.15, 0.2) is 41.3 Å². The van der Waals surface area contributed by atoms with Crippen molar-refractivity contribution < 1.29 is 25.9 Å². The number of hydrogen-bond acceptors (Lipinski definition) is 5. The number of benzene rings is 2. The van der Waals surface area contributed by atoms with Crippen molar-refractivity contribution in [2.24, 2.45) is 5.84 Å². The van der Waals surface area contributed by atoms with Crippen molar-refractivity contribution in [3.8, 4) is 0 Å². The molecule has 0 fully saturated rings. The van der Waals surface area contributed by atoms with E-state index in [0.717, 1.165) is 6.07 Å². The van der Waals surface area contributed by atoms with Crippen LogP contribution in [0.2, 0.25) is 0 Å². The summed E-state index contributed by atoms with van der Waals surface area (Å²) in [6, 6.07) is 7.80. The molecule has 0 heterocycles. The van der Waals surface area contributed by atoms with Gasteiger partial charge in [0.05, 0.1) is 10.6 Å². The van der Waals surface area contributed by atoms with Crippen molar-refractivity contribution in [1.82, 2.24) is 0 Å². The quantitative estimate of drug-likeness (QED) is 0.427. The van der Waals surface area contributed by atoms with Gasteiger partial charge in [-0.3, -0.25) is 9.11 Å². The van der Waals surface area contributed by atoms with E-state index in [-0.39, 0.29) is 15.0 Å². The van der Waals surface area contributed by atoms with Crippen LogP contribution >= 0.6 is 0 Å². The molecular weight excluding hydrogens is 308 g/mol. The zero-order valence-electron chi connectivity index (χ0n) is 9.83. The summed E-state index contributed by atoms with van der Waals surface area (Å²) in [4.78, 5) is -0.280. The molecule has 0 spiro atoms. The third kappa shape index (κ3) is 2.89. The molecule has 0 saturated heterocycles. The minimum absolute atomic E-state index is 0.000365. The van der Waals surface area contributed by atoms with Crippen molar-refractivity contribution in [3.63, 3.8) is 0 Å². The van der Waals surface area contributed by atoms with E-state index in [0.29, 0.717) is 10.8 Å². The van der Waals surface area contributed by atoms with E-state index < -0.39 is 20.4 Å². The van der Waals surface area contributed by atoms with Gasteiger partial charge in [-0.25, -0.2) is 5.84 Å². The van der Waals surface area contributed by atoms with E-state index in [1.807, 2.05) is 0 Å². The second-order valence-corrected chi connectivity index (χ2v) is 6.65. The summed E-state index contributed by atoms with van der Waals surface area (Å²) in [6.07, 6.45) is 0. The average Bonchev–Trinajstić information content (AvgIpc) is 2.34. The topological polar surface area (TPSA) is 138 Å². The maximum absolute atomic E-state index is 11.0. The van der Waals surface area contributed by atoms with Gasteiger partial charge < -0.3 is 0 Å². The van der Waals surface area contributed by atoms with Crippen molar-refractivity contribution in [2.75, 3.05) is 4.41 Å². The molecule has 0 aromatic heterocycles. The highest BCUT2D eigenvalue weighted by atomic mass is 32.2. The van der Waals surface area contributed by atoms with E-state index in [2.05, 4.69) is 0 Å². The summed E-state index contributed by atoms with van der Waals surface area (Å²) >= 11 is 0. The van der Waals surface area contributed by atoms with Gasteiger partial charge in [-0.1, -0.05) is 12.1 Å². The van der Waals surface area contributed by atoms with E-state index >= 15 is 0 Å². The van der Waals surface area contributed by atoms with Crippen LogP contribution in [0.3, 0.4) is 0 Å². The van der Waals surface area contributed by atoms with E-state index in [1.165, 1.54) is 30.3 Å². The molecule has 0 aliphatic rings. The van der Waals surface area contributed by atoms with Crippen LogP contribution in [0.4, 0.5) is 5.69 Å². The summed E-state index contributed by atoms with van der Waals surface area (Å²) < 4.78 is 61.7. The fourth-order valence-corrected chi connectivity index (χ4v) is 2.54. The third-order valence-corrected chi connectivity index (χ3v) is 4.15. The SMILES string of the molecule is NN(c1ccc2cc(S(=O)(=O)O)ccc2c1)S(=O)(=O)O. The van der Waals surface area contributed by atoms with E-state index in [9.17, 15) is 16.8 Å². The molecule has 0 unspecified atom stereocenters. The predicted octanol–water partition coefficient (Wildman–Crippen LogP) is 0.569. The summed E-state index contributed by atoms with van der Waals surface area (Å²) in [5.41, 5.74) is -0.000365. The molecule has 2 aromatic carbocycles. The van der Waals surface area contributed by atoms with Gasteiger partial charge in [0.2, 0.25) is 0 Å². The highest BCUT2D eigenvalue weighted by Gasteiger charge is 2.16. The van der Waals surface area contributed by atoms with Crippen molar-refractivity contribution in [2.45, 2.75) is 4.90 Å². The Morgan fingerprint density at radius 3 is 2.00 bits per heavy atom. The highest BCUT2D eigenvalue weighted by molar-refractivity contribution is 7.87. The second-order valence-electron chi connectivity index (χ2n) is 3.94. The Labute approximate surface area is 115 Å². The molecule has 0 radical (unpaired) electrons. The largest absolute Gasteiger partial charge is 0.373 e. The maximum atomic E-state index is 11.0. The van der Waals surface area contributed by atoms with Crippen molar-refractivity contribution in [1.29, 1.82) is 0 Å². The van der Waals surface area contributed by atoms with Crippen LogP contribution in [-0.4, -0.2) is 25.9 Å². The number of hydrazine groups is 1. The summed E-state index contributed by atoms with van der Waals surface area (Å²) in [5.74, 6) is 5.22. The van der Waals surface area contributed by atoms with E-state index in [4.69, 9.17) is 14.9 Å². The lowest BCUT2D eigenvalue weighted by molar-refractivity contribution is 0.478. The second kappa shape index (κ2) is 4.68. The molecule has 0 atom stereocenters. The number of nitrogens with zero attached hydrogens (tertiary/aromatic N) is 1. The van der Waals surface area contributed by atoms with Crippen LogP contribution in [0.1, 0.15) is 0 Å². The van der Waals surface area contributed by atoms with Gasteiger partial charge in [0.25, 0.3) is 10.1 Å². The van der Waals surface area contributed by atoms with Crippen LogP contribution in [-0.2, 0) is 20.4 Å². The first-order chi connectivity index (χ1) is 9.09. The molecule has 0 aliphatic carbocycles. The smallest absolute Gasteiger partial charge is 0.282 e. The number of anilines is 1. The Morgan fingerprint density at radius 2 is 1.45 bits per heavy atom. The van der Waals surface area contributed by atoms with Crippen LogP contribution in [0.25, 0.3) is 10.8 Å². The lowest BCUT2D eigenvalue weighted by atomic mass is 10.1. The molecule has 108 valence electrons. The standard InChI is InChI=1S/C10H10N2O6S2/c11-12(20(16,17)18)9-3-1-8-6-10(19(13,14)15)4-2-7(8)5-9/h1-6H,11H2,(H,13,14,15)(H,16,17,18). The lowest BCUT2D eigenvalue weighted by Crippen LogP contribution is -2.36. The van der Waals surface area contributed by atoms with E-state index in [1.54, 1.807) is 0 Å². The van der Waals surface area contributed by atoms with Crippen molar-refractivity contribution in [3.05, 3.63) is 36.4 Å². The fourth-order valence-electron chi connectivity index (χ4n) is 1.64. The Morgan fingerprint density at radius 1 is 0.900 bits per heavy atom. The number of rotatable bonds is 3. The first-order valence-corrected chi connectivity index (χ1v) is 7.96. The molecule has 0 aliphatic heterocycles.